The number of hydrogen-bond acceptors (Lipinski definition) is 4. The quantitative estimate of drug-likeness (QED) is 0.624. The van der Waals surface area contributed by atoms with Gasteiger partial charge in [0.05, 0.1) is 17.3 Å². The molecule has 0 N–H and O–H groups in total. The van der Waals surface area contributed by atoms with E-state index in [-0.39, 0.29) is 12.5 Å². The van der Waals surface area contributed by atoms with Crippen LogP contribution in [0.5, 0.6) is 5.75 Å². The second-order valence-electron chi connectivity index (χ2n) is 7.33. The molecular weight excluding hydrogens is 398 g/mol. The molecule has 1 saturated heterocycles. The van der Waals surface area contributed by atoms with Crippen molar-refractivity contribution in [2.75, 3.05) is 20.2 Å². The molecule has 0 aromatic heterocycles. The van der Waals surface area contributed by atoms with E-state index < -0.39 is 15.1 Å². The summed E-state index contributed by atoms with van der Waals surface area (Å²) in [7, 11) is -1.82. The van der Waals surface area contributed by atoms with Crippen molar-refractivity contribution < 1.29 is 17.9 Å². The van der Waals surface area contributed by atoms with E-state index in [1.54, 1.807) is 54.5 Å². The SMILES string of the molecule is COc1cccc(-c2ccc(C(=O)N3CCC(S(=O)(=O)c4ccccc4)C3)cc2)c1. The minimum absolute atomic E-state index is 0.141. The zero-order chi connectivity index (χ0) is 21.1. The first-order valence-corrected chi connectivity index (χ1v) is 11.4. The van der Waals surface area contributed by atoms with E-state index in [4.69, 9.17) is 4.74 Å². The lowest BCUT2D eigenvalue weighted by atomic mass is 10.0. The van der Waals surface area contributed by atoms with Gasteiger partial charge in [-0.2, -0.15) is 0 Å². The Labute approximate surface area is 176 Å². The number of ether oxygens (including phenoxy) is 1. The second-order valence-corrected chi connectivity index (χ2v) is 9.56. The lowest BCUT2D eigenvalue weighted by Gasteiger charge is -2.17. The smallest absolute Gasteiger partial charge is 0.253 e. The Kier molecular flexibility index (Phi) is 5.59. The van der Waals surface area contributed by atoms with Gasteiger partial charge < -0.3 is 9.64 Å². The van der Waals surface area contributed by atoms with Crippen molar-refractivity contribution in [2.45, 2.75) is 16.6 Å². The summed E-state index contributed by atoms with van der Waals surface area (Å²) in [6.07, 6.45) is 0.449. The van der Waals surface area contributed by atoms with Gasteiger partial charge >= 0.3 is 0 Å². The summed E-state index contributed by atoms with van der Waals surface area (Å²) in [4.78, 5) is 14.9. The molecule has 0 aliphatic carbocycles. The van der Waals surface area contributed by atoms with Gasteiger partial charge in [0.15, 0.2) is 9.84 Å². The predicted molar refractivity (Wildman–Crippen MR) is 116 cm³/mol. The van der Waals surface area contributed by atoms with Crippen molar-refractivity contribution in [3.05, 3.63) is 84.4 Å². The molecule has 0 bridgehead atoms. The monoisotopic (exact) mass is 421 g/mol. The highest BCUT2D eigenvalue weighted by molar-refractivity contribution is 7.92. The predicted octanol–water partition coefficient (Wildman–Crippen LogP) is 4.05. The molecule has 0 spiro atoms. The van der Waals surface area contributed by atoms with Crippen molar-refractivity contribution >= 4 is 15.7 Å². The molecule has 6 heteroatoms. The summed E-state index contributed by atoms with van der Waals surface area (Å²) < 4.78 is 31.0. The molecule has 3 aromatic carbocycles. The Morgan fingerprint density at radius 2 is 1.67 bits per heavy atom. The maximum absolute atomic E-state index is 12.9. The maximum Gasteiger partial charge on any atom is 0.253 e. The number of rotatable bonds is 5. The van der Waals surface area contributed by atoms with E-state index in [9.17, 15) is 13.2 Å². The third-order valence-electron chi connectivity index (χ3n) is 5.48. The molecule has 1 fully saturated rings. The standard InChI is InChI=1S/C24H23NO4S/c1-29-21-7-5-6-20(16-21)18-10-12-19(13-11-18)24(26)25-15-14-23(17-25)30(27,28)22-8-3-2-4-9-22/h2-13,16,23H,14-15,17H2,1H3. The number of nitrogens with zero attached hydrogens (tertiary/aromatic N) is 1. The van der Waals surface area contributed by atoms with Crippen molar-refractivity contribution in [1.29, 1.82) is 0 Å². The van der Waals surface area contributed by atoms with Gasteiger partial charge in [-0.3, -0.25) is 4.79 Å². The average Bonchev–Trinajstić information content (AvgIpc) is 3.30. The molecule has 0 saturated carbocycles. The van der Waals surface area contributed by atoms with Crippen LogP contribution in [-0.2, 0) is 9.84 Å². The van der Waals surface area contributed by atoms with E-state index in [2.05, 4.69) is 0 Å². The van der Waals surface area contributed by atoms with E-state index in [0.717, 1.165) is 16.9 Å². The van der Waals surface area contributed by atoms with Crippen LogP contribution in [0.3, 0.4) is 0 Å². The lowest BCUT2D eigenvalue weighted by molar-refractivity contribution is 0.0793. The fraction of sp³-hybridized carbons (Fsp3) is 0.208. The average molecular weight is 422 g/mol. The minimum atomic E-state index is -3.44. The number of benzene rings is 3. The Morgan fingerprint density at radius 1 is 0.933 bits per heavy atom. The molecule has 3 aromatic rings. The highest BCUT2D eigenvalue weighted by Crippen LogP contribution is 2.27. The molecule has 30 heavy (non-hydrogen) atoms. The number of sulfone groups is 1. The first kappa shape index (κ1) is 20.2. The van der Waals surface area contributed by atoms with Gasteiger partial charge in [0.25, 0.3) is 5.91 Å². The van der Waals surface area contributed by atoms with Crippen molar-refractivity contribution in [2.24, 2.45) is 0 Å². The summed E-state index contributed by atoms with van der Waals surface area (Å²) in [5.41, 5.74) is 2.54. The fourth-order valence-electron chi connectivity index (χ4n) is 3.76. The number of likely N-dealkylation sites (tertiary alicyclic amines) is 1. The van der Waals surface area contributed by atoms with Gasteiger partial charge in [-0.1, -0.05) is 42.5 Å². The topological polar surface area (TPSA) is 63.7 Å². The van der Waals surface area contributed by atoms with Crippen molar-refractivity contribution in [3.8, 4) is 16.9 Å². The maximum atomic E-state index is 12.9. The third-order valence-corrected chi connectivity index (χ3v) is 7.67. The molecule has 1 aliphatic rings. The molecule has 0 radical (unpaired) electrons. The molecular formula is C24H23NO4S. The van der Waals surface area contributed by atoms with Crippen LogP contribution >= 0.6 is 0 Å². The first-order valence-electron chi connectivity index (χ1n) is 9.82. The van der Waals surface area contributed by atoms with Gasteiger partial charge in [0, 0.05) is 18.7 Å². The highest BCUT2D eigenvalue weighted by atomic mass is 32.2. The summed E-state index contributed by atoms with van der Waals surface area (Å²) in [5, 5.41) is -0.570. The van der Waals surface area contributed by atoms with Crippen LogP contribution in [0.4, 0.5) is 0 Å². The molecule has 154 valence electrons. The van der Waals surface area contributed by atoms with Crippen LogP contribution in [0.15, 0.2) is 83.8 Å². The van der Waals surface area contributed by atoms with Gasteiger partial charge in [-0.25, -0.2) is 8.42 Å². The lowest BCUT2D eigenvalue weighted by Crippen LogP contribution is -2.31. The summed E-state index contributed by atoms with van der Waals surface area (Å²) >= 11 is 0. The Balaban J connectivity index is 1.48. The van der Waals surface area contributed by atoms with Crippen molar-refractivity contribution in [3.63, 3.8) is 0 Å². The van der Waals surface area contributed by atoms with Gasteiger partial charge in [0.1, 0.15) is 5.75 Å². The number of methoxy groups -OCH3 is 1. The van der Waals surface area contributed by atoms with Gasteiger partial charge in [-0.15, -0.1) is 0 Å². The summed E-state index contributed by atoms with van der Waals surface area (Å²) in [6.45, 7) is 0.654. The number of carbonyl (C=O) groups excluding carboxylic acids is 1. The Hall–Kier alpha value is -3.12. The molecule has 1 atom stereocenters. The van der Waals surface area contributed by atoms with Crippen LogP contribution < -0.4 is 4.74 Å². The number of amides is 1. The Bertz CT molecular complexity index is 1140. The van der Waals surface area contributed by atoms with Crippen LogP contribution in [0.2, 0.25) is 0 Å². The molecule has 1 aliphatic heterocycles. The second kappa shape index (κ2) is 8.32. The van der Waals surface area contributed by atoms with E-state index in [1.165, 1.54) is 0 Å². The highest BCUT2D eigenvalue weighted by Gasteiger charge is 2.36. The molecule has 4 rings (SSSR count). The normalized spacial score (nSPS) is 16.4. The Morgan fingerprint density at radius 3 is 2.37 bits per heavy atom. The van der Waals surface area contributed by atoms with E-state index in [1.807, 2.05) is 36.4 Å². The molecule has 1 heterocycles. The zero-order valence-electron chi connectivity index (χ0n) is 16.7. The number of hydrogen-bond donors (Lipinski definition) is 0. The van der Waals surface area contributed by atoms with Crippen LogP contribution in [0.1, 0.15) is 16.8 Å². The zero-order valence-corrected chi connectivity index (χ0v) is 17.5. The van der Waals surface area contributed by atoms with Gasteiger partial charge in [-0.05, 0) is 53.9 Å². The third kappa shape index (κ3) is 3.96. The van der Waals surface area contributed by atoms with E-state index in [0.29, 0.717) is 23.4 Å². The first-order chi connectivity index (χ1) is 14.5. The van der Waals surface area contributed by atoms with Crippen molar-refractivity contribution in [1.82, 2.24) is 4.90 Å². The van der Waals surface area contributed by atoms with Crippen LogP contribution in [0.25, 0.3) is 11.1 Å². The summed E-state index contributed by atoms with van der Waals surface area (Å²) in [6, 6.07) is 23.5. The van der Waals surface area contributed by atoms with Crippen LogP contribution in [0, 0.1) is 0 Å². The molecule has 5 nitrogen and oxygen atoms in total. The van der Waals surface area contributed by atoms with Gasteiger partial charge in [0.2, 0.25) is 0 Å². The largest absolute Gasteiger partial charge is 0.497 e. The molecule has 1 amide bonds. The summed E-state index contributed by atoms with van der Waals surface area (Å²) in [5.74, 6) is 0.633. The molecule has 1 unspecified atom stereocenters. The van der Waals surface area contributed by atoms with Crippen LogP contribution in [-0.4, -0.2) is 44.7 Å². The fourth-order valence-corrected chi connectivity index (χ4v) is 5.47. The number of carbonyl (C=O) groups is 1. The van der Waals surface area contributed by atoms with E-state index >= 15 is 0 Å². The minimum Gasteiger partial charge on any atom is -0.497 e.